The van der Waals surface area contributed by atoms with Crippen LogP contribution in [0.25, 0.3) is 0 Å². The van der Waals surface area contributed by atoms with Gasteiger partial charge in [-0.15, -0.1) is 0 Å². The average molecular weight is 333 g/mol. The highest BCUT2D eigenvalue weighted by molar-refractivity contribution is 6.01. The summed E-state index contributed by atoms with van der Waals surface area (Å²) in [4.78, 5) is 43.3. The van der Waals surface area contributed by atoms with Crippen molar-refractivity contribution in [1.29, 1.82) is 0 Å². The summed E-state index contributed by atoms with van der Waals surface area (Å²) in [5.74, 6) is 0.0139. The summed E-state index contributed by atoms with van der Waals surface area (Å²) in [6.45, 7) is 0.782. The summed E-state index contributed by atoms with van der Waals surface area (Å²) in [5.41, 5.74) is 0. The van der Waals surface area contributed by atoms with Gasteiger partial charge in [0.2, 0.25) is 5.91 Å². The van der Waals surface area contributed by atoms with Crippen LogP contribution in [0.4, 0.5) is 5.82 Å². The largest absolute Gasteiger partial charge is 0.480 e. The SMILES string of the molecule is COC(=O)C1CCN(C(=O)CN2C(=O)COc3cccnc32)CC1. The van der Waals surface area contributed by atoms with Crippen molar-refractivity contribution in [1.82, 2.24) is 9.88 Å². The smallest absolute Gasteiger partial charge is 0.308 e. The van der Waals surface area contributed by atoms with Crippen LogP contribution in [0.3, 0.4) is 0 Å². The lowest BCUT2D eigenvalue weighted by Gasteiger charge is -2.33. The molecule has 0 spiro atoms. The molecular weight excluding hydrogens is 314 g/mol. The third-order valence-electron chi connectivity index (χ3n) is 4.33. The first kappa shape index (κ1) is 16.2. The summed E-state index contributed by atoms with van der Waals surface area (Å²) in [6, 6.07) is 3.43. The second kappa shape index (κ2) is 6.86. The van der Waals surface area contributed by atoms with Gasteiger partial charge in [-0.25, -0.2) is 4.98 Å². The Morgan fingerprint density at radius 3 is 2.83 bits per heavy atom. The van der Waals surface area contributed by atoms with Crippen LogP contribution in [0.15, 0.2) is 18.3 Å². The monoisotopic (exact) mass is 333 g/mol. The van der Waals surface area contributed by atoms with Gasteiger partial charge in [-0.2, -0.15) is 0 Å². The number of nitrogens with zero attached hydrogens (tertiary/aromatic N) is 3. The molecule has 1 saturated heterocycles. The molecule has 2 aliphatic rings. The van der Waals surface area contributed by atoms with E-state index in [9.17, 15) is 14.4 Å². The number of rotatable bonds is 3. The number of amides is 2. The van der Waals surface area contributed by atoms with Crippen LogP contribution < -0.4 is 9.64 Å². The van der Waals surface area contributed by atoms with Gasteiger partial charge in [0.15, 0.2) is 18.2 Å². The first-order valence-corrected chi connectivity index (χ1v) is 7.84. The van der Waals surface area contributed by atoms with E-state index in [1.54, 1.807) is 23.2 Å². The van der Waals surface area contributed by atoms with Crippen molar-refractivity contribution in [2.24, 2.45) is 5.92 Å². The minimum absolute atomic E-state index is 0.0743. The fourth-order valence-electron chi connectivity index (χ4n) is 2.96. The molecule has 0 radical (unpaired) electrons. The zero-order chi connectivity index (χ0) is 17.1. The Labute approximate surface area is 139 Å². The number of esters is 1. The van der Waals surface area contributed by atoms with Gasteiger partial charge in [0, 0.05) is 19.3 Å². The topological polar surface area (TPSA) is 89.0 Å². The van der Waals surface area contributed by atoms with Crippen LogP contribution >= 0.6 is 0 Å². The van der Waals surface area contributed by atoms with E-state index in [0.29, 0.717) is 37.5 Å². The van der Waals surface area contributed by atoms with E-state index < -0.39 is 0 Å². The maximum atomic E-state index is 12.5. The number of anilines is 1. The highest BCUT2D eigenvalue weighted by atomic mass is 16.5. The lowest BCUT2D eigenvalue weighted by Crippen LogP contribution is -2.49. The van der Waals surface area contributed by atoms with Gasteiger partial charge in [-0.05, 0) is 25.0 Å². The number of carbonyl (C=O) groups is 3. The summed E-state index contributed by atoms with van der Waals surface area (Å²) in [5, 5.41) is 0. The maximum Gasteiger partial charge on any atom is 0.308 e. The summed E-state index contributed by atoms with van der Waals surface area (Å²) in [6.07, 6.45) is 2.70. The van der Waals surface area contributed by atoms with Gasteiger partial charge in [0.05, 0.1) is 13.0 Å². The zero-order valence-corrected chi connectivity index (χ0v) is 13.4. The van der Waals surface area contributed by atoms with Gasteiger partial charge in [-0.1, -0.05) is 0 Å². The molecule has 0 unspecified atom stereocenters. The van der Waals surface area contributed by atoms with Gasteiger partial charge >= 0.3 is 5.97 Å². The van der Waals surface area contributed by atoms with Gasteiger partial charge in [0.25, 0.3) is 5.91 Å². The Morgan fingerprint density at radius 2 is 2.12 bits per heavy atom. The summed E-state index contributed by atoms with van der Waals surface area (Å²) >= 11 is 0. The number of ether oxygens (including phenoxy) is 2. The molecule has 24 heavy (non-hydrogen) atoms. The van der Waals surface area contributed by atoms with Crippen molar-refractivity contribution in [3.05, 3.63) is 18.3 Å². The van der Waals surface area contributed by atoms with Crippen LogP contribution in [-0.4, -0.2) is 61.0 Å². The van der Waals surface area contributed by atoms with Crippen molar-refractivity contribution in [3.8, 4) is 5.75 Å². The molecule has 2 aliphatic heterocycles. The molecule has 0 saturated carbocycles. The van der Waals surface area contributed by atoms with Crippen molar-refractivity contribution in [2.75, 3.05) is 38.3 Å². The standard InChI is InChI=1S/C16H19N3O5/c1-23-16(22)11-4-7-18(8-5-11)13(20)9-19-14(21)10-24-12-3-2-6-17-15(12)19/h2-3,6,11H,4-5,7-10H2,1H3. The molecule has 3 heterocycles. The number of likely N-dealkylation sites (tertiary alicyclic amines) is 1. The molecule has 8 heteroatoms. The van der Waals surface area contributed by atoms with E-state index in [0.717, 1.165) is 0 Å². The van der Waals surface area contributed by atoms with Gasteiger partial charge in [0.1, 0.15) is 6.54 Å². The van der Waals surface area contributed by atoms with E-state index in [-0.39, 0.29) is 36.9 Å². The van der Waals surface area contributed by atoms with E-state index in [4.69, 9.17) is 9.47 Å². The number of pyridine rings is 1. The first-order valence-electron chi connectivity index (χ1n) is 7.84. The van der Waals surface area contributed by atoms with Crippen molar-refractivity contribution < 1.29 is 23.9 Å². The Hall–Kier alpha value is -2.64. The molecule has 1 aromatic heterocycles. The Morgan fingerprint density at radius 1 is 1.38 bits per heavy atom. The summed E-state index contributed by atoms with van der Waals surface area (Å²) < 4.78 is 10.1. The quantitative estimate of drug-likeness (QED) is 0.735. The second-order valence-corrected chi connectivity index (χ2v) is 5.77. The fourth-order valence-corrected chi connectivity index (χ4v) is 2.96. The number of carbonyl (C=O) groups excluding carboxylic acids is 3. The molecular formula is C16H19N3O5. The predicted octanol–water partition coefficient (Wildman–Crippen LogP) is 0.219. The molecule has 1 fully saturated rings. The van der Waals surface area contributed by atoms with Crippen LogP contribution in [-0.2, 0) is 19.1 Å². The van der Waals surface area contributed by atoms with Crippen molar-refractivity contribution in [2.45, 2.75) is 12.8 Å². The molecule has 2 amide bonds. The highest BCUT2D eigenvalue weighted by Gasteiger charge is 2.32. The lowest BCUT2D eigenvalue weighted by molar-refractivity contribution is -0.148. The Kier molecular flexibility index (Phi) is 4.64. The summed E-state index contributed by atoms with van der Waals surface area (Å²) in [7, 11) is 1.37. The Bertz CT molecular complexity index is 655. The average Bonchev–Trinajstić information content (AvgIpc) is 2.63. The molecule has 3 rings (SSSR count). The van der Waals surface area contributed by atoms with Crippen molar-refractivity contribution in [3.63, 3.8) is 0 Å². The fraction of sp³-hybridized carbons (Fsp3) is 0.500. The number of aromatic nitrogens is 1. The van der Waals surface area contributed by atoms with E-state index in [2.05, 4.69) is 4.98 Å². The van der Waals surface area contributed by atoms with Crippen molar-refractivity contribution >= 4 is 23.6 Å². The number of hydrogen-bond acceptors (Lipinski definition) is 6. The van der Waals surface area contributed by atoms with Crippen LogP contribution in [0.1, 0.15) is 12.8 Å². The zero-order valence-electron chi connectivity index (χ0n) is 13.4. The van der Waals surface area contributed by atoms with E-state index >= 15 is 0 Å². The number of fused-ring (bicyclic) bond motifs is 1. The number of piperidine rings is 1. The minimum atomic E-state index is -0.293. The molecule has 128 valence electrons. The van der Waals surface area contributed by atoms with Crippen LogP contribution in [0.2, 0.25) is 0 Å². The molecule has 1 aromatic rings. The number of hydrogen-bond donors (Lipinski definition) is 0. The molecule has 0 bridgehead atoms. The molecule has 0 N–H and O–H groups in total. The molecule has 0 atom stereocenters. The first-order chi connectivity index (χ1) is 11.6. The maximum absolute atomic E-state index is 12.5. The van der Waals surface area contributed by atoms with Gasteiger partial charge in [-0.3, -0.25) is 19.3 Å². The minimum Gasteiger partial charge on any atom is -0.480 e. The van der Waals surface area contributed by atoms with E-state index in [1.807, 2.05) is 0 Å². The third kappa shape index (κ3) is 3.17. The predicted molar refractivity (Wildman–Crippen MR) is 83.4 cm³/mol. The molecule has 0 aliphatic carbocycles. The lowest BCUT2D eigenvalue weighted by atomic mass is 9.97. The Balaban J connectivity index is 1.63. The van der Waals surface area contributed by atoms with Crippen LogP contribution in [0, 0.1) is 5.92 Å². The third-order valence-corrected chi connectivity index (χ3v) is 4.33. The molecule has 0 aromatic carbocycles. The van der Waals surface area contributed by atoms with Crippen LogP contribution in [0.5, 0.6) is 5.75 Å². The molecule has 8 nitrogen and oxygen atoms in total. The van der Waals surface area contributed by atoms with Gasteiger partial charge < -0.3 is 14.4 Å². The highest BCUT2D eigenvalue weighted by Crippen LogP contribution is 2.29. The number of methoxy groups -OCH3 is 1. The normalized spacial score (nSPS) is 18.0. The van der Waals surface area contributed by atoms with E-state index in [1.165, 1.54) is 12.0 Å². The second-order valence-electron chi connectivity index (χ2n) is 5.77.